The van der Waals surface area contributed by atoms with Crippen LogP contribution in [-0.4, -0.2) is 39.9 Å². The third-order valence-electron chi connectivity index (χ3n) is 4.32. The zero-order chi connectivity index (χ0) is 14.7. The van der Waals surface area contributed by atoms with E-state index in [4.69, 9.17) is 11.6 Å². The molecule has 2 rings (SSSR count). The van der Waals surface area contributed by atoms with Gasteiger partial charge in [-0.25, -0.2) is 0 Å². The van der Waals surface area contributed by atoms with Gasteiger partial charge >= 0.3 is 0 Å². The van der Waals surface area contributed by atoms with Crippen molar-refractivity contribution >= 4 is 11.6 Å². The van der Waals surface area contributed by atoms with Crippen molar-refractivity contribution < 1.29 is 0 Å². The summed E-state index contributed by atoms with van der Waals surface area (Å²) in [5.74, 6) is 0. The van der Waals surface area contributed by atoms with Gasteiger partial charge in [-0.15, -0.1) is 0 Å². The van der Waals surface area contributed by atoms with Crippen molar-refractivity contribution in [1.29, 1.82) is 0 Å². The van der Waals surface area contributed by atoms with Crippen LogP contribution >= 0.6 is 11.6 Å². The highest BCUT2D eigenvalue weighted by atomic mass is 35.5. The van der Waals surface area contributed by atoms with E-state index in [0.29, 0.717) is 12.1 Å². The molecular formula is C15H27ClN4. The Bertz CT molecular complexity index is 443. The summed E-state index contributed by atoms with van der Waals surface area (Å²) in [5, 5.41) is 9.08. The topological polar surface area (TPSA) is 33.1 Å². The first kappa shape index (κ1) is 15.8. The molecule has 1 aromatic heterocycles. The Morgan fingerprint density at radius 3 is 2.70 bits per heavy atom. The number of halogens is 1. The Labute approximate surface area is 127 Å². The molecule has 0 aromatic carbocycles. The minimum atomic E-state index is 0.541. The van der Waals surface area contributed by atoms with Crippen molar-refractivity contribution in [3.63, 3.8) is 0 Å². The van der Waals surface area contributed by atoms with Gasteiger partial charge < -0.3 is 5.32 Å². The van der Waals surface area contributed by atoms with Gasteiger partial charge in [0.1, 0.15) is 0 Å². The number of aryl methyl sites for hydroxylation is 2. The largest absolute Gasteiger partial charge is 0.311 e. The predicted octanol–water partition coefficient (Wildman–Crippen LogP) is 2.69. The van der Waals surface area contributed by atoms with E-state index in [2.05, 4.69) is 47.7 Å². The Morgan fingerprint density at radius 2 is 2.10 bits per heavy atom. The summed E-state index contributed by atoms with van der Waals surface area (Å²) in [4.78, 5) is 2.53. The third kappa shape index (κ3) is 3.18. The van der Waals surface area contributed by atoms with Gasteiger partial charge in [-0.3, -0.25) is 9.58 Å². The smallest absolute Gasteiger partial charge is 0.0863 e. The van der Waals surface area contributed by atoms with Crippen molar-refractivity contribution in [3.05, 3.63) is 16.4 Å². The van der Waals surface area contributed by atoms with Gasteiger partial charge in [0.05, 0.1) is 16.4 Å². The first-order chi connectivity index (χ1) is 9.60. The van der Waals surface area contributed by atoms with Gasteiger partial charge in [0.2, 0.25) is 0 Å². The summed E-state index contributed by atoms with van der Waals surface area (Å²) >= 11 is 6.52. The van der Waals surface area contributed by atoms with Gasteiger partial charge in [-0.1, -0.05) is 25.4 Å². The number of nitrogens with zero attached hydrogens (tertiary/aromatic N) is 3. The van der Waals surface area contributed by atoms with E-state index >= 15 is 0 Å². The first-order valence-corrected chi connectivity index (χ1v) is 8.19. The van der Waals surface area contributed by atoms with Crippen molar-refractivity contribution in [2.45, 2.75) is 65.7 Å². The average molecular weight is 299 g/mol. The van der Waals surface area contributed by atoms with Crippen LogP contribution in [0.4, 0.5) is 0 Å². The number of hydrogen-bond donors (Lipinski definition) is 1. The van der Waals surface area contributed by atoms with Crippen LogP contribution in [0.5, 0.6) is 0 Å². The van der Waals surface area contributed by atoms with E-state index in [0.717, 1.165) is 43.3 Å². The first-order valence-electron chi connectivity index (χ1n) is 7.82. The standard InChI is InChI=1S/C15H27ClN4/c1-5-12-9-19(11(4)8-17-12)10-14-15(16)13(6-2)18-20(14)7-3/h11-12,17H,5-10H2,1-4H3. The molecule has 1 saturated heterocycles. The summed E-state index contributed by atoms with van der Waals surface area (Å²) in [5.41, 5.74) is 2.20. The van der Waals surface area contributed by atoms with Gasteiger partial charge in [0.15, 0.2) is 0 Å². The van der Waals surface area contributed by atoms with Gasteiger partial charge in [-0.05, 0) is 26.7 Å². The molecule has 0 bridgehead atoms. The minimum Gasteiger partial charge on any atom is -0.311 e. The molecule has 1 N–H and O–H groups in total. The molecule has 4 nitrogen and oxygen atoms in total. The molecule has 114 valence electrons. The molecule has 0 radical (unpaired) electrons. The zero-order valence-corrected chi connectivity index (χ0v) is 13.9. The van der Waals surface area contributed by atoms with Crippen LogP contribution < -0.4 is 5.32 Å². The molecule has 0 amide bonds. The third-order valence-corrected chi connectivity index (χ3v) is 4.76. The maximum atomic E-state index is 6.52. The molecule has 2 heterocycles. The van der Waals surface area contributed by atoms with Gasteiger partial charge in [0.25, 0.3) is 0 Å². The van der Waals surface area contributed by atoms with Crippen LogP contribution in [0.1, 0.15) is 45.5 Å². The summed E-state index contributed by atoms with van der Waals surface area (Å²) in [6.45, 7) is 12.7. The molecule has 20 heavy (non-hydrogen) atoms. The molecular weight excluding hydrogens is 272 g/mol. The summed E-state index contributed by atoms with van der Waals surface area (Å²) < 4.78 is 2.07. The Balaban J connectivity index is 2.17. The second kappa shape index (κ2) is 6.92. The molecule has 0 aliphatic carbocycles. The predicted molar refractivity (Wildman–Crippen MR) is 84.2 cm³/mol. The van der Waals surface area contributed by atoms with Crippen LogP contribution in [-0.2, 0) is 19.5 Å². The normalized spacial score (nSPS) is 24.2. The molecule has 5 heteroatoms. The number of piperazine rings is 1. The van der Waals surface area contributed by atoms with Crippen molar-refractivity contribution in [2.24, 2.45) is 0 Å². The number of aromatic nitrogens is 2. The van der Waals surface area contributed by atoms with E-state index < -0.39 is 0 Å². The van der Waals surface area contributed by atoms with Crippen LogP contribution in [0.25, 0.3) is 0 Å². The van der Waals surface area contributed by atoms with Crippen LogP contribution in [0.2, 0.25) is 5.02 Å². The molecule has 0 spiro atoms. The quantitative estimate of drug-likeness (QED) is 0.907. The van der Waals surface area contributed by atoms with Crippen molar-refractivity contribution in [1.82, 2.24) is 20.0 Å². The van der Waals surface area contributed by atoms with Crippen molar-refractivity contribution in [2.75, 3.05) is 13.1 Å². The maximum absolute atomic E-state index is 6.52. The van der Waals surface area contributed by atoms with E-state index in [9.17, 15) is 0 Å². The average Bonchev–Trinajstić information content (AvgIpc) is 2.77. The van der Waals surface area contributed by atoms with Gasteiger partial charge in [0, 0.05) is 38.3 Å². The summed E-state index contributed by atoms with van der Waals surface area (Å²) in [6, 6.07) is 1.13. The highest BCUT2D eigenvalue weighted by Gasteiger charge is 2.26. The Hall–Kier alpha value is -0.580. The fourth-order valence-corrected chi connectivity index (χ4v) is 3.18. The highest BCUT2D eigenvalue weighted by Crippen LogP contribution is 2.24. The van der Waals surface area contributed by atoms with E-state index in [1.165, 1.54) is 12.1 Å². The molecule has 2 unspecified atom stereocenters. The summed E-state index contributed by atoms with van der Waals surface area (Å²) in [7, 11) is 0. The fourth-order valence-electron chi connectivity index (χ4n) is 2.85. The van der Waals surface area contributed by atoms with E-state index in [-0.39, 0.29) is 0 Å². The lowest BCUT2D eigenvalue weighted by Crippen LogP contribution is -2.54. The molecule has 2 atom stereocenters. The number of hydrogen-bond acceptors (Lipinski definition) is 3. The monoisotopic (exact) mass is 298 g/mol. The van der Waals surface area contributed by atoms with Crippen LogP contribution in [0.15, 0.2) is 0 Å². The molecule has 1 fully saturated rings. The lowest BCUT2D eigenvalue weighted by Gasteiger charge is -2.38. The molecule has 0 saturated carbocycles. The number of nitrogens with one attached hydrogen (secondary N) is 1. The molecule has 1 aliphatic heterocycles. The maximum Gasteiger partial charge on any atom is 0.0863 e. The lowest BCUT2D eigenvalue weighted by molar-refractivity contribution is 0.128. The molecule has 1 aromatic rings. The SMILES string of the molecule is CCc1nn(CC)c(CN2CC(CC)NCC2C)c1Cl. The minimum absolute atomic E-state index is 0.541. The van der Waals surface area contributed by atoms with E-state index in [1.807, 2.05) is 0 Å². The van der Waals surface area contributed by atoms with E-state index in [1.54, 1.807) is 0 Å². The zero-order valence-electron chi connectivity index (χ0n) is 13.1. The van der Waals surface area contributed by atoms with Gasteiger partial charge in [-0.2, -0.15) is 5.10 Å². The fraction of sp³-hybridized carbons (Fsp3) is 0.800. The van der Waals surface area contributed by atoms with Crippen LogP contribution in [0.3, 0.4) is 0 Å². The summed E-state index contributed by atoms with van der Waals surface area (Å²) in [6.07, 6.45) is 2.07. The van der Waals surface area contributed by atoms with Crippen molar-refractivity contribution in [3.8, 4) is 0 Å². The second-order valence-corrected chi connectivity index (χ2v) is 6.05. The van der Waals surface area contributed by atoms with Crippen LogP contribution in [0, 0.1) is 0 Å². The Kier molecular flexibility index (Phi) is 5.47. The second-order valence-electron chi connectivity index (χ2n) is 5.67. The highest BCUT2D eigenvalue weighted by molar-refractivity contribution is 6.31. The lowest BCUT2D eigenvalue weighted by atomic mass is 10.1. The Morgan fingerprint density at radius 1 is 1.35 bits per heavy atom. The molecule has 1 aliphatic rings. The number of rotatable bonds is 5.